The van der Waals surface area contributed by atoms with Crippen LogP contribution in [0.1, 0.15) is 46.0 Å². The van der Waals surface area contributed by atoms with E-state index in [9.17, 15) is 61.0 Å². The number of hydrogen-bond donors (Lipinski definition) is 12. The molecule has 0 aliphatic carbocycles. The first-order chi connectivity index (χ1) is 22.8. The SMILES string of the molecule is CCCCCCC(O)C(COC1OC(CO)C(OC2OC(CO)C(OC3OC(CO)C(O)C(O)C3O)C(O)C2O)C(O)C1O)NC(C)=O. The Balaban J connectivity index is 1.64. The summed E-state index contributed by atoms with van der Waals surface area (Å²) in [4.78, 5) is 11.7. The summed E-state index contributed by atoms with van der Waals surface area (Å²) in [5.41, 5.74) is 0. The van der Waals surface area contributed by atoms with E-state index in [1.165, 1.54) is 6.92 Å². The van der Waals surface area contributed by atoms with Gasteiger partial charge in [0.05, 0.1) is 38.6 Å². The van der Waals surface area contributed by atoms with Gasteiger partial charge in [-0.3, -0.25) is 4.79 Å². The van der Waals surface area contributed by atoms with Crippen LogP contribution in [0.5, 0.6) is 0 Å². The Morgan fingerprint density at radius 2 is 1.15 bits per heavy atom. The van der Waals surface area contributed by atoms with Gasteiger partial charge in [-0.15, -0.1) is 0 Å². The average Bonchev–Trinajstić information content (AvgIpc) is 3.06. The van der Waals surface area contributed by atoms with Crippen molar-refractivity contribution >= 4 is 5.91 Å². The Hall–Kier alpha value is -1.21. The molecule has 12 N–H and O–H groups in total. The smallest absolute Gasteiger partial charge is 0.217 e. The molecule has 17 atom stereocenters. The molecular formula is C29H53NO18. The summed E-state index contributed by atoms with van der Waals surface area (Å²) < 4.78 is 33.3. The van der Waals surface area contributed by atoms with Crippen LogP contribution in [0.4, 0.5) is 0 Å². The largest absolute Gasteiger partial charge is 0.394 e. The van der Waals surface area contributed by atoms with Crippen molar-refractivity contribution in [2.75, 3.05) is 26.4 Å². The molecule has 0 bridgehead atoms. The minimum atomic E-state index is -1.96. The van der Waals surface area contributed by atoms with Crippen molar-refractivity contribution in [2.45, 2.75) is 150 Å². The van der Waals surface area contributed by atoms with Crippen molar-refractivity contribution in [1.29, 1.82) is 0 Å². The van der Waals surface area contributed by atoms with E-state index in [0.717, 1.165) is 19.3 Å². The highest BCUT2D eigenvalue weighted by Gasteiger charge is 2.53. The van der Waals surface area contributed by atoms with Gasteiger partial charge in [0.2, 0.25) is 5.91 Å². The van der Waals surface area contributed by atoms with Crippen molar-refractivity contribution in [1.82, 2.24) is 5.32 Å². The summed E-state index contributed by atoms with van der Waals surface area (Å²) in [6, 6.07) is -0.876. The Morgan fingerprint density at radius 3 is 1.65 bits per heavy atom. The van der Waals surface area contributed by atoms with E-state index < -0.39 is 130 Å². The molecule has 17 unspecified atom stereocenters. The lowest BCUT2D eigenvalue weighted by Crippen LogP contribution is -2.66. The maximum Gasteiger partial charge on any atom is 0.217 e. The fourth-order valence-electron chi connectivity index (χ4n) is 5.87. The standard InChI is InChI=1S/C29H53NO18/c1-3-4-5-6-7-14(35)13(30-12(2)34)11-43-27-23(41)20(38)25(16(9-32)45-27)48-29-24(42)21(39)26(17(10-33)46-29)47-28-22(40)19(37)18(36)15(8-31)44-28/h13-29,31-33,35-42H,3-11H2,1-2H3,(H,30,34). The molecule has 3 aliphatic rings. The second kappa shape index (κ2) is 19.4. The summed E-state index contributed by atoms with van der Waals surface area (Å²) in [6.45, 7) is 0.587. The van der Waals surface area contributed by atoms with Crippen molar-refractivity contribution in [2.24, 2.45) is 0 Å². The summed E-state index contributed by atoms with van der Waals surface area (Å²) in [5.74, 6) is -0.432. The van der Waals surface area contributed by atoms with Gasteiger partial charge in [-0.1, -0.05) is 32.6 Å². The van der Waals surface area contributed by atoms with Gasteiger partial charge in [-0.2, -0.15) is 0 Å². The normalized spacial score (nSPS) is 41.9. The predicted octanol–water partition coefficient (Wildman–Crippen LogP) is -5.71. The van der Waals surface area contributed by atoms with E-state index in [-0.39, 0.29) is 6.61 Å². The number of ether oxygens (including phenoxy) is 6. The Morgan fingerprint density at radius 1 is 0.667 bits per heavy atom. The van der Waals surface area contributed by atoms with Gasteiger partial charge >= 0.3 is 0 Å². The van der Waals surface area contributed by atoms with E-state index in [1.54, 1.807) is 0 Å². The summed E-state index contributed by atoms with van der Waals surface area (Å²) >= 11 is 0. The maximum absolute atomic E-state index is 11.7. The number of rotatable bonds is 17. The summed E-state index contributed by atoms with van der Waals surface area (Å²) in [6.07, 6.45) is -22.4. The molecule has 0 radical (unpaired) electrons. The molecule has 3 fully saturated rings. The van der Waals surface area contributed by atoms with Gasteiger partial charge in [-0.05, 0) is 6.42 Å². The summed E-state index contributed by atoms with van der Waals surface area (Å²) in [5, 5.41) is 116. The van der Waals surface area contributed by atoms with Crippen molar-refractivity contribution < 1.29 is 89.4 Å². The molecular weight excluding hydrogens is 650 g/mol. The number of amides is 1. The number of carbonyl (C=O) groups excluding carboxylic acids is 1. The highest BCUT2D eigenvalue weighted by Crippen LogP contribution is 2.32. The van der Waals surface area contributed by atoms with Gasteiger partial charge in [0.15, 0.2) is 18.9 Å². The molecule has 48 heavy (non-hydrogen) atoms. The quantitative estimate of drug-likeness (QED) is 0.0628. The van der Waals surface area contributed by atoms with Crippen LogP contribution < -0.4 is 5.32 Å². The molecule has 282 valence electrons. The topological polar surface area (TPSA) is 307 Å². The molecule has 19 heteroatoms. The zero-order valence-corrected chi connectivity index (χ0v) is 27.0. The van der Waals surface area contributed by atoms with Gasteiger partial charge < -0.3 is 89.9 Å². The lowest BCUT2D eigenvalue weighted by atomic mass is 9.96. The molecule has 3 heterocycles. The van der Waals surface area contributed by atoms with Gasteiger partial charge in [0, 0.05) is 6.92 Å². The second-order valence-corrected chi connectivity index (χ2v) is 12.4. The van der Waals surface area contributed by atoms with Crippen LogP contribution in [-0.2, 0) is 33.2 Å². The van der Waals surface area contributed by atoms with Crippen LogP contribution in [0.2, 0.25) is 0 Å². The molecule has 19 nitrogen and oxygen atoms in total. The number of unbranched alkanes of at least 4 members (excludes halogenated alkanes) is 3. The fourth-order valence-corrected chi connectivity index (χ4v) is 5.87. The Labute approximate surface area is 277 Å². The molecule has 0 aromatic carbocycles. The first kappa shape index (κ1) is 41.2. The third-order valence-electron chi connectivity index (χ3n) is 8.72. The maximum atomic E-state index is 11.7. The molecule has 0 aromatic rings. The lowest BCUT2D eigenvalue weighted by molar-refractivity contribution is -0.379. The van der Waals surface area contributed by atoms with Gasteiger partial charge in [0.1, 0.15) is 73.2 Å². The first-order valence-electron chi connectivity index (χ1n) is 16.2. The predicted molar refractivity (Wildman–Crippen MR) is 157 cm³/mol. The van der Waals surface area contributed by atoms with E-state index in [4.69, 9.17) is 28.4 Å². The van der Waals surface area contributed by atoms with Crippen molar-refractivity contribution in [3.05, 3.63) is 0 Å². The van der Waals surface area contributed by atoms with E-state index in [1.807, 2.05) is 6.92 Å². The van der Waals surface area contributed by atoms with Crippen LogP contribution in [0.3, 0.4) is 0 Å². The van der Waals surface area contributed by atoms with Gasteiger partial charge in [-0.25, -0.2) is 0 Å². The minimum Gasteiger partial charge on any atom is -0.394 e. The average molecular weight is 704 g/mol. The van der Waals surface area contributed by atoms with Crippen LogP contribution >= 0.6 is 0 Å². The number of hydrogen-bond acceptors (Lipinski definition) is 18. The summed E-state index contributed by atoms with van der Waals surface area (Å²) in [7, 11) is 0. The highest BCUT2D eigenvalue weighted by atomic mass is 16.8. The monoisotopic (exact) mass is 703 g/mol. The van der Waals surface area contributed by atoms with E-state index >= 15 is 0 Å². The second-order valence-electron chi connectivity index (χ2n) is 12.4. The van der Waals surface area contributed by atoms with Gasteiger partial charge in [0.25, 0.3) is 0 Å². The molecule has 0 spiro atoms. The van der Waals surface area contributed by atoms with Crippen LogP contribution in [0, 0.1) is 0 Å². The van der Waals surface area contributed by atoms with Crippen molar-refractivity contribution in [3.8, 4) is 0 Å². The number of aliphatic hydroxyl groups excluding tert-OH is 11. The Kier molecular flexibility index (Phi) is 16.7. The lowest BCUT2D eigenvalue weighted by Gasteiger charge is -2.48. The highest BCUT2D eigenvalue weighted by molar-refractivity contribution is 5.73. The molecule has 3 saturated heterocycles. The zero-order chi connectivity index (χ0) is 35.7. The molecule has 0 saturated carbocycles. The number of carbonyl (C=O) groups is 1. The molecule has 3 aliphatic heterocycles. The van der Waals surface area contributed by atoms with E-state index in [2.05, 4.69) is 5.32 Å². The third-order valence-corrected chi connectivity index (χ3v) is 8.72. The first-order valence-corrected chi connectivity index (χ1v) is 16.2. The minimum absolute atomic E-state index is 0.322. The van der Waals surface area contributed by atoms with Crippen LogP contribution in [0.25, 0.3) is 0 Å². The van der Waals surface area contributed by atoms with E-state index in [0.29, 0.717) is 12.8 Å². The van der Waals surface area contributed by atoms with Crippen LogP contribution in [-0.4, -0.2) is 193 Å². The Bertz CT molecular complexity index is 946. The fraction of sp³-hybridized carbons (Fsp3) is 0.966. The molecule has 3 rings (SSSR count). The van der Waals surface area contributed by atoms with Crippen molar-refractivity contribution in [3.63, 3.8) is 0 Å². The molecule has 1 amide bonds. The van der Waals surface area contributed by atoms with Crippen LogP contribution in [0.15, 0.2) is 0 Å². The third kappa shape index (κ3) is 10.2. The zero-order valence-electron chi connectivity index (χ0n) is 27.0. The number of nitrogens with one attached hydrogen (secondary N) is 1. The number of aliphatic hydroxyl groups is 11. The molecule has 0 aromatic heterocycles.